The molecule has 1 aromatic heterocycles. The Labute approximate surface area is 126 Å². The quantitative estimate of drug-likeness (QED) is 0.432. The standard InChI is InChI=1S/C17H13N3O2/c1-2-7-20-11-6-4-3-5-9(11)13-12(20)8-10(18)14-15(13)17(22)19-16(14)21/h2-6,8H,1,7,18H2,(H,19,21,22). The SMILES string of the molecule is C=CCn1c2ccccc2c2c3c(c(N)cc21)C(=O)NC3=O. The number of benzene rings is 2. The van der Waals surface area contributed by atoms with E-state index in [2.05, 4.69) is 11.9 Å². The van der Waals surface area contributed by atoms with Gasteiger partial charge in [0.2, 0.25) is 0 Å². The summed E-state index contributed by atoms with van der Waals surface area (Å²) in [4.78, 5) is 24.2. The molecule has 0 saturated carbocycles. The third-order valence-corrected chi connectivity index (χ3v) is 4.08. The molecule has 2 amide bonds. The summed E-state index contributed by atoms with van der Waals surface area (Å²) in [6, 6.07) is 9.54. The Bertz CT molecular complexity index is 998. The number of nitrogens with one attached hydrogen (secondary N) is 1. The second-order valence-electron chi connectivity index (χ2n) is 5.31. The van der Waals surface area contributed by atoms with Gasteiger partial charge in [-0.1, -0.05) is 24.3 Å². The van der Waals surface area contributed by atoms with Gasteiger partial charge in [-0.3, -0.25) is 14.9 Å². The van der Waals surface area contributed by atoms with Gasteiger partial charge < -0.3 is 10.3 Å². The molecular weight excluding hydrogens is 278 g/mol. The van der Waals surface area contributed by atoms with E-state index in [0.717, 1.165) is 21.8 Å². The van der Waals surface area contributed by atoms with Gasteiger partial charge >= 0.3 is 0 Å². The minimum Gasteiger partial charge on any atom is -0.398 e. The first kappa shape index (κ1) is 12.6. The van der Waals surface area contributed by atoms with Crippen LogP contribution in [0.2, 0.25) is 0 Å². The maximum atomic E-state index is 12.2. The van der Waals surface area contributed by atoms with E-state index in [4.69, 9.17) is 5.73 Å². The predicted octanol–water partition coefficient (Wildman–Crippen LogP) is 2.45. The molecule has 1 aliphatic heterocycles. The Balaban J connectivity index is 2.30. The summed E-state index contributed by atoms with van der Waals surface area (Å²) < 4.78 is 2.05. The fourth-order valence-corrected chi connectivity index (χ4v) is 3.25. The third-order valence-electron chi connectivity index (χ3n) is 4.08. The summed E-state index contributed by atoms with van der Waals surface area (Å²) in [7, 11) is 0. The van der Waals surface area contributed by atoms with E-state index in [1.807, 2.05) is 28.8 Å². The number of rotatable bonds is 2. The molecule has 0 unspecified atom stereocenters. The number of aromatic nitrogens is 1. The van der Waals surface area contributed by atoms with E-state index in [0.29, 0.717) is 17.8 Å². The largest absolute Gasteiger partial charge is 0.398 e. The number of fused-ring (bicyclic) bond motifs is 5. The summed E-state index contributed by atoms with van der Waals surface area (Å²) >= 11 is 0. The molecule has 0 aliphatic carbocycles. The number of carbonyl (C=O) groups is 2. The van der Waals surface area contributed by atoms with Crippen LogP contribution in [0.5, 0.6) is 0 Å². The van der Waals surface area contributed by atoms with Crippen molar-refractivity contribution in [2.45, 2.75) is 6.54 Å². The van der Waals surface area contributed by atoms with Crippen LogP contribution < -0.4 is 11.1 Å². The highest BCUT2D eigenvalue weighted by atomic mass is 16.2. The topological polar surface area (TPSA) is 77.1 Å². The van der Waals surface area contributed by atoms with Crippen molar-refractivity contribution in [1.82, 2.24) is 9.88 Å². The average Bonchev–Trinajstić information content (AvgIpc) is 2.96. The van der Waals surface area contributed by atoms with E-state index in [1.165, 1.54) is 0 Å². The number of hydrogen-bond acceptors (Lipinski definition) is 3. The Morgan fingerprint density at radius 2 is 1.86 bits per heavy atom. The van der Waals surface area contributed by atoms with Crippen LogP contribution in [0.4, 0.5) is 5.69 Å². The van der Waals surface area contributed by atoms with Crippen LogP contribution in [0.15, 0.2) is 43.0 Å². The molecule has 5 nitrogen and oxygen atoms in total. The number of hydrogen-bond donors (Lipinski definition) is 2. The molecule has 0 spiro atoms. The Morgan fingerprint density at radius 3 is 2.64 bits per heavy atom. The molecule has 1 aliphatic rings. The second-order valence-corrected chi connectivity index (χ2v) is 5.31. The highest BCUT2D eigenvalue weighted by Crippen LogP contribution is 2.37. The minimum absolute atomic E-state index is 0.277. The molecule has 0 saturated heterocycles. The number of imide groups is 1. The number of anilines is 1. The first-order valence-corrected chi connectivity index (χ1v) is 6.93. The molecule has 0 fully saturated rings. The van der Waals surface area contributed by atoms with Crippen LogP contribution in [0, 0.1) is 0 Å². The van der Waals surface area contributed by atoms with Crippen molar-refractivity contribution < 1.29 is 9.59 Å². The van der Waals surface area contributed by atoms with Crippen molar-refractivity contribution >= 4 is 39.3 Å². The van der Waals surface area contributed by atoms with E-state index in [1.54, 1.807) is 12.1 Å². The molecule has 0 radical (unpaired) electrons. The van der Waals surface area contributed by atoms with Crippen molar-refractivity contribution in [3.8, 4) is 0 Å². The van der Waals surface area contributed by atoms with Gasteiger partial charge in [-0.25, -0.2) is 0 Å². The Morgan fingerprint density at radius 1 is 1.14 bits per heavy atom. The number of carbonyl (C=O) groups excluding carboxylic acids is 2. The fraction of sp³-hybridized carbons (Fsp3) is 0.0588. The second kappa shape index (κ2) is 4.21. The number of nitrogen functional groups attached to an aromatic ring is 1. The number of nitrogens with two attached hydrogens (primary N) is 1. The van der Waals surface area contributed by atoms with Crippen LogP contribution in [0.1, 0.15) is 20.7 Å². The van der Waals surface area contributed by atoms with Crippen LogP contribution >= 0.6 is 0 Å². The average molecular weight is 291 g/mol. The first-order valence-electron chi connectivity index (χ1n) is 6.93. The third kappa shape index (κ3) is 1.42. The van der Waals surface area contributed by atoms with Gasteiger partial charge in [-0.05, 0) is 12.1 Å². The van der Waals surface area contributed by atoms with Gasteiger partial charge in [0, 0.05) is 28.5 Å². The normalized spacial score (nSPS) is 13.6. The molecule has 2 heterocycles. The molecule has 22 heavy (non-hydrogen) atoms. The van der Waals surface area contributed by atoms with Crippen LogP contribution in [0.25, 0.3) is 21.8 Å². The van der Waals surface area contributed by atoms with Gasteiger partial charge in [-0.15, -0.1) is 6.58 Å². The Kier molecular flexibility index (Phi) is 2.42. The summed E-state index contributed by atoms with van der Waals surface area (Å²) in [5.74, 6) is -0.821. The zero-order valence-corrected chi connectivity index (χ0v) is 11.7. The highest BCUT2D eigenvalue weighted by Gasteiger charge is 2.33. The number of allylic oxidation sites excluding steroid dienone is 1. The van der Waals surface area contributed by atoms with Gasteiger partial charge in [0.15, 0.2) is 0 Å². The first-order chi connectivity index (χ1) is 10.6. The fourth-order valence-electron chi connectivity index (χ4n) is 3.25. The van der Waals surface area contributed by atoms with Gasteiger partial charge in [0.05, 0.1) is 16.6 Å². The molecule has 2 aromatic carbocycles. The van der Waals surface area contributed by atoms with E-state index >= 15 is 0 Å². The molecule has 3 aromatic rings. The van der Waals surface area contributed by atoms with Gasteiger partial charge in [-0.2, -0.15) is 0 Å². The van der Waals surface area contributed by atoms with Crippen LogP contribution in [0.3, 0.4) is 0 Å². The smallest absolute Gasteiger partial charge is 0.261 e. The molecular formula is C17H13N3O2. The van der Waals surface area contributed by atoms with E-state index < -0.39 is 5.91 Å². The summed E-state index contributed by atoms with van der Waals surface area (Å²) in [5.41, 5.74) is 8.81. The summed E-state index contributed by atoms with van der Waals surface area (Å²) in [6.07, 6.45) is 1.79. The minimum atomic E-state index is -0.431. The molecule has 5 heteroatoms. The van der Waals surface area contributed by atoms with E-state index in [9.17, 15) is 9.59 Å². The molecule has 0 bridgehead atoms. The molecule has 0 atom stereocenters. The number of nitrogens with zero attached hydrogens (tertiary/aromatic N) is 1. The number of para-hydroxylation sites is 1. The van der Waals surface area contributed by atoms with Crippen molar-refractivity contribution in [3.05, 3.63) is 54.1 Å². The predicted molar refractivity (Wildman–Crippen MR) is 85.9 cm³/mol. The van der Waals surface area contributed by atoms with Crippen LogP contribution in [-0.4, -0.2) is 16.4 Å². The zero-order valence-electron chi connectivity index (χ0n) is 11.7. The van der Waals surface area contributed by atoms with Gasteiger partial charge in [0.1, 0.15) is 0 Å². The van der Waals surface area contributed by atoms with Crippen molar-refractivity contribution in [2.24, 2.45) is 0 Å². The maximum absolute atomic E-state index is 12.2. The van der Waals surface area contributed by atoms with Crippen molar-refractivity contribution in [3.63, 3.8) is 0 Å². The summed E-state index contributed by atoms with van der Waals surface area (Å²) in [5, 5.41) is 4.03. The molecule has 3 N–H and O–H groups in total. The number of amides is 2. The maximum Gasteiger partial charge on any atom is 0.261 e. The lowest BCUT2D eigenvalue weighted by Crippen LogP contribution is -2.20. The van der Waals surface area contributed by atoms with Crippen molar-refractivity contribution in [2.75, 3.05) is 5.73 Å². The lowest BCUT2D eigenvalue weighted by Gasteiger charge is -2.06. The molecule has 4 rings (SSSR count). The lowest BCUT2D eigenvalue weighted by atomic mass is 10.0. The monoisotopic (exact) mass is 291 g/mol. The molecule has 108 valence electrons. The van der Waals surface area contributed by atoms with Gasteiger partial charge in [0.25, 0.3) is 11.8 Å². The van der Waals surface area contributed by atoms with Crippen LogP contribution in [-0.2, 0) is 6.54 Å². The zero-order chi connectivity index (χ0) is 15.4. The van der Waals surface area contributed by atoms with E-state index in [-0.39, 0.29) is 11.5 Å². The Hall–Kier alpha value is -3.08. The highest BCUT2D eigenvalue weighted by molar-refractivity contribution is 6.32. The van der Waals surface area contributed by atoms with Crippen molar-refractivity contribution in [1.29, 1.82) is 0 Å². The summed E-state index contributed by atoms with van der Waals surface area (Å²) in [6.45, 7) is 4.38. The lowest BCUT2D eigenvalue weighted by molar-refractivity contribution is 0.0880.